The third-order valence-electron chi connectivity index (χ3n) is 2.26. The van der Waals surface area contributed by atoms with Crippen molar-refractivity contribution in [3.05, 3.63) is 34.3 Å². The Morgan fingerprint density at radius 2 is 2.25 bits per heavy atom. The third kappa shape index (κ3) is 4.14. The molecule has 1 aromatic rings. The van der Waals surface area contributed by atoms with E-state index in [0.717, 1.165) is 12.0 Å². The van der Waals surface area contributed by atoms with Crippen LogP contribution in [0.15, 0.2) is 18.2 Å². The van der Waals surface area contributed by atoms with Crippen LogP contribution in [0.3, 0.4) is 0 Å². The van der Waals surface area contributed by atoms with Gasteiger partial charge in [0, 0.05) is 22.0 Å². The van der Waals surface area contributed by atoms with Crippen LogP contribution in [0.25, 0.3) is 0 Å². The summed E-state index contributed by atoms with van der Waals surface area (Å²) >= 11 is 9.27. The number of alkyl halides is 1. The van der Waals surface area contributed by atoms with Crippen molar-refractivity contribution in [1.29, 1.82) is 0 Å². The van der Waals surface area contributed by atoms with E-state index >= 15 is 0 Å². The summed E-state index contributed by atoms with van der Waals surface area (Å²) in [5, 5.41) is 3.53. The maximum atomic E-state index is 11.8. The molecule has 88 valence electrons. The molecule has 0 saturated carbocycles. The zero-order chi connectivity index (χ0) is 12.1. The number of hydrogen-bond donors (Lipinski definition) is 1. The number of halogens is 2. The monoisotopic (exact) mass is 303 g/mol. The van der Waals surface area contributed by atoms with Gasteiger partial charge in [-0.25, -0.2) is 0 Å². The Labute approximate surface area is 110 Å². The van der Waals surface area contributed by atoms with Crippen molar-refractivity contribution < 1.29 is 4.79 Å². The zero-order valence-corrected chi connectivity index (χ0v) is 11.7. The number of amides is 1. The van der Waals surface area contributed by atoms with E-state index in [1.807, 2.05) is 6.92 Å². The quantitative estimate of drug-likeness (QED) is 0.847. The van der Waals surface area contributed by atoms with Gasteiger partial charge in [0.2, 0.25) is 0 Å². The van der Waals surface area contributed by atoms with Gasteiger partial charge in [0.25, 0.3) is 5.91 Å². The van der Waals surface area contributed by atoms with Crippen molar-refractivity contribution in [2.75, 3.05) is 6.54 Å². The SMILES string of the molecule is Cc1cc(Cl)ccc1C(=O)NCCC(C)Br. The van der Waals surface area contributed by atoms with Gasteiger partial charge in [0.15, 0.2) is 0 Å². The molecule has 1 N–H and O–H groups in total. The van der Waals surface area contributed by atoms with E-state index in [9.17, 15) is 4.79 Å². The minimum Gasteiger partial charge on any atom is -0.352 e. The lowest BCUT2D eigenvalue weighted by Crippen LogP contribution is -2.26. The molecule has 1 rings (SSSR count). The first-order chi connectivity index (χ1) is 7.50. The van der Waals surface area contributed by atoms with Crippen molar-refractivity contribution in [2.24, 2.45) is 0 Å². The summed E-state index contributed by atoms with van der Waals surface area (Å²) in [5.41, 5.74) is 1.59. The maximum Gasteiger partial charge on any atom is 0.251 e. The van der Waals surface area contributed by atoms with E-state index in [1.165, 1.54) is 0 Å². The Balaban J connectivity index is 2.59. The molecule has 1 atom stereocenters. The minimum absolute atomic E-state index is 0.0395. The van der Waals surface area contributed by atoms with Gasteiger partial charge in [-0.05, 0) is 37.1 Å². The molecule has 0 aromatic heterocycles. The summed E-state index contributed by atoms with van der Waals surface area (Å²) in [6.07, 6.45) is 0.915. The first-order valence-corrected chi connectivity index (χ1v) is 6.48. The predicted molar refractivity (Wildman–Crippen MR) is 71.5 cm³/mol. The molecule has 0 saturated heterocycles. The average Bonchev–Trinajstić information content (AvgIpc) is 2.16. The highest BCUT2D eigenvalue weighted by molar-refractivity contribution is 9.09. The van der Waals surface area contributed by atoms with Crippen LogP contribution >= 0.6 is 27.5 Å². The van der Waals surface area contributed by atoms with Crippen LogP contribution in [0.2, 0.25) is 5.02 Å². The number of aryl methyl sites for hydroxylation is 1. The summed E-state index contributed by atoms with van der Waals surface area (Å²) in [6, 6.07) is 5.28. The summed E-state index contributed by atoms with van der Waals surface area (Å²) < 4.78 is 0. The van der Waals surface area contributed by atoms with Gasteiger partial charge in [0.1, 0.15) is 0 Å². The van der Waals surface area contributed by atoms with E-state index < -0.39 is 0 Å². The highest BCUT2D eigenvalue weighted by Crippen LogP contribution is 2.15. The second-order valence-electron chi connectivity index (χ2n) is 3.78. The van der Waals surface area contributed by atoms with Crippen molar-refractivity contribution in [1.82, 2.24) is 5.32 Å². The Bertz CT molecular complexity index is 379. The normalized spacial score (nSPS) is 12.2. The molecule has 1 amide bonds. The molecular weight excluding hydrogens is 289 g/mol. The number of carbonyl (C=O) groups excluding carboxylic acids is 1. The van der Waals surface area contributed by atoms with Gasteiger partial charge in [-0.2, -0.15) is 0 Å². The molecule has 0 radical (unpaired) electrons. The molecule has 0 aliphatic heterocycles. The smallest absolute Gasteiger partial charge is 0.251 e. The molecule has 0 aliphatic rings. The van der Waals surface area contributed by atoms with Gasteiger partial charge in [-0.3, -0.25) is 4.79 Å². The average molecular weight is 305 g/mol. The van der Waals surface area contributed by atoms with Crippen LogP contribution in [-0.2, 0) is 0 Å². The van der Waals surface area contributed by atoms with E-state index in [-0.39, 0.29) is 5.91 Å². The van der Waals surface area contributed by atoms with E-state index in [2.05, 4.69) is 28.2 Å². The largest absolute Gasteiger partial charge is 0.352 e. The molecule has 0 fully saturated rings. The van der Waals surface area contributed by atoms with Crippen LogP contribution in [-0.4, -0.2) is 17.3 Å². The molecule has 1 unspecified atom stereocenters. The third-order valence-corrected chi connectivity index (χ3v) is 2.95. The molecule has 0 spiro atoms. The Morgan fingerprint density at radius 3 is 2.81 bits per heavy atom. The minimum atomic E-state index is -0.0395. The van der Waals surface area contributed by atoms with Gasteiger partial charge in [-0.15, -0.1) is 0 Å². The summed E-state index contributed by atoms with van der Waals surface area (Å²) in [5.74, 6) is -0.0395. The van der Waals surface area contributed by atoms with Gasteiger partial charge < -0.3 is 5.32 Å². The predicted octanol–water partition coefficient (Wildman–Crippen LogP) is 3.55. The van der Waals surface area contributed by atoms with Crippen molar-refractivity contribution in [2.45, 2.75) is 25.1 Å². The molecular formula is C12H15BrClNO. The number of nitrogens with one attached hydrogen (secondary N) is 1. The number of hydrogen-bond acceptors (Lipinski definition) is 1. The van der Waals surface area contributed by atoms with Crippen molar-refractivity contribution >= 4 is 33.4 Å². The van der Waals surface area contributed by atoms with Crippen molar-refractivity contribution in [3.8, 4) is 0 Å². The maximum absolute atomic E-state index is 11.8. The lowest BCUT2D eigenvalue weighted by atomic mass is 10.1. The number of benzene rings is 1. The highest BCUT2D eigenvalue weighted by atomic mass is 79.9. The molecule has 16 heavy (non-hydrogen) atoms. The summed E-state index contributed by atoms with van der Waals surface area (Å²) in [7, 11) is 0. The van der Waals surface area contributed by atoms with E-state index in [1.54, 1.807) is 18.2 Å². The summed E-state index contributed by atoms with van der Waals surface area (Å²) in [6.45, 7) is 4.61. The molecule has 4 heteroatoms. The lowest BCUT2D eigenvalue weighted by molar-refractivity contribution is 0.0953. The second kappa shape index (κ2) is 6.26. The fraction of sp³-hybridized carbons (Fsp3) is 0.417. The Kier molecular flexibility index (Phi) is 5.29. The Morgan fingerprint density at radius 1 is 1.56 bits per heavy atom. The number of rotatable bonds is 4. The Hall–Kier alpha value is -0.540. The number of carbonyl (C=O) groups is 1. The molecule has 0 bridgehead atoms. The molecule has 1 aromatic carbocycles. The van der Waals surface area contributed by atoms with Gasteiger partial charge >= 0.3 is 0 Å². The highest BCUT2D eigenvalue weighted by Gasteiger charge is 2.08. The van der Waals surface area contributed by atoms with Gasteiger partial charge in [-0.1, -0.05) is 34.5 Å². The van der Waals surface area contributed by atoms with Gasteiger partial charge in [0.05, 0.1) is 0 Å². The lowest BCUT2D eigenvalue weighted by Gasteiger charge is -2.08. The fourth-order valence-electron chi connectivity index (χ4n) is 1.36. The van der Waals surface area contributed by atoms with Crippen LogP contribution in [0.5, 0.6) is 0 Å². The summed E-state index contributed by atoms with van der Waals surface area (Å²) in [4.78, 5) is 12.2. The van der Waals surface area contributed by atoms with Crippen molar-refractivity contribution in [3.63, 3.8) is 0 Å². The first kappa shape index (κ1) is 13.5. The topological polar surface area (TPSA) is 29.1 Å². The second-order valence-corrected chi connectivity index (χ2v) is 5.78. The van der Waals surface area contributed by atoms with Crippen LogP contribution in [0.1, 0.15) is 29.3 Å². The zero-order valence-electron chi connectivity index (χ0n) is 9.39. The van der Waals surface area contributed by atoms with Crippen LogP contribution < -0.4 is 5.32 Å². The molecule has 0 heterocycles. The standard InChI is InChI=1S/C12H15BrClNO/c1-8-7-10(14)3-4-11(8)12(16)15-6-5-9(2)13/h3-4,7,9H,5-6H2,1-2H3,(H,15,16). The van der Waals surface area contributed by atoms with Crippen LogP contribution in [0, 0.1) is 6.92 Å². The van der Waals surface area contributed by atoms with E-state index in [4.69, 9.17) is 11.6 Å². The van der Waals surface area contributed by atoms with Crippen LogP contribution in [0.4, 0.5) is 0 Å². The molecule has 0 aliphatic carbocycles. The first-order valence-electron chi connectivity index (χ1n) is 5.19. The fourth-order valence-corrected chi connectivity index (χ4v) is 1.82. The molecule has 2 nitrogen and oxygen atoms in total. The van der Waals surface area contributed by atoms with E-state index in [0.29, 0.717) is 22.0 Å².